The highest BCUT2D eigenvalue weighted by Gasteiger charge is 2.15. The molecule has 0 saturated heterocycles. The van der Waals surface area contributed by atoms with Gasteiger partial charge in [0.1, 0.15) is 5.60 Å². The number of rotatable bonds is 10. The quantitative estimate of drug-likeness (QED) is 0.335. The fourth-order valence-corrected chi connectivity index (χ4v) is 4.30. The van der Waals surface area contributed by atoms with Gasteiger partial charge in [0.2, 0.25) is 5.91 Å². The molecule has 0 aromatic heterocycles. The van der Waals surface area contributed by atoms with E-state index >= 15 is 0 Å². The molecule has 0 aliphatic heterocycles. The van der Waals surface area contributed by atoms with Crippen LogP contribution in [0.1, 0.15) is 84.6 Å². The van der Waals surface area contributed by atoms with E-state index in [1.807, 2.05) is 20.8 Å². The monoisotopic (exact) mass is 497 g/mol. The SMILES string of the molecule is CCCCNC(=O)OC(C)(C)C.O=C(CNCc1ccc2ccccc2c1)NCCC1CCCCC1. The summed E-state index contributed by atoms with van der Waals surface area (Å²) in [6.07, 6.45) is 9.70. The van der Waals surface area contributed by atoms with Crippen LogP contribution in [0.5, 0.6) is 0 Å². The number of carbonyl (C=O) groups excluding carboxylic acids is 2. The predicted molar refractivity (Wildman–Crippen MR) is 149 cm³/mol. The molecule has 0 heterocycles. The lowest BCUT2D eigenvalue weighted by molar-refractivity contribution is -0.120. The van der Waals surface area contributed by atoms with Gasteiger partial charge in [-0.2, -0.15) is 0 Å². The number of carbonyl (C=O) groups is 2. The maximum absolute atomic E-state index is 11.9. The van der Waals surface area contributed by atoms with Crippen LogP contribution < -0.4 is 16.0 Å². The molecule has 0 radical (unpaired) electrons. The normalized spacial score (nSPS) is 14.0. The minimum atomic E-state index is -0.393. The zero-order valence-corrected chi connectivity index (χ0v) is 22.8. The average Bonchev–Trinajstić information content (AvgIpc) is 2.84. The molecular weight excluding hydrogens is 450 g/mol. The molecule has 1 saturated carbocycles. The minimum absolute atomic E-state index is 0.103. The zero-order chi connectivity index (χ0) is 26.2. The van der Waals surface area contributed by atoms with Crippen LogP contribution in [-0.4, -0.2) is 37.2 Å². The van der Waals surface area contributed by atoms with Gasteiger partial charge in [0, 0.05) is 19.6 Å². The van der Waals surface area contributed by atoms with Crippen molar-refractivity contribution in [1.82, 2.24) is 16.0 Å². The van der Waals surface area contributed by atoms with E-state index in [1.54, 1.807) is 0 Å². The average molecular weight is 498 g/mol. The van der Waals surface area contributed by atoms with E-state index in [9.17, 15) is 9.59 Å². The number of alkyl carbamates (subject to hydrolysis) is 1. The number of ether oxygens (including phenoxy) is 1. The maximum Gasteiger partial charge on any atom is 0.407 e. The molecule has 200 valence electrons. The van der Waals surface area contributed by atoms with Crippen molar-refractivity contribution in [2.24, 2.45) is 5.92 Å². The van der Waals surface area contributed by atoms with Crippen LogP contribution in [0.4, 0.5) is 4.79 Å². The van der Waals surface area contributed by atoms with Gasteiger partial charge < -0.3 is 20.7 Å². The zero-order valence-electron chi connectivity index (χ0n) is 22.8. The lowest BCUT2D eigenvalue weighted by Crippen LogP contribution is -2.34. The van der Waals surface area contributed by atoms with Gasteiger partial charge >= 0.3 is 6.09 Å². The molecule has 3 N–H and O–H groups in total. The largest absolute Gasteiger partial charge is 0.444 e. The summed E-state index contributed by atoms with van der Waals surface area (Å²) in [6, 6.07) is 14.8. The Kier molecular flexibility index (Phi) is 13.3. The van der Waals surface area contributed by atoms with Crippen molar-refractivity contribution in [2.75, 3.05) is 19.6 Å². The smallest absolute Gasteiger partial charge is 0.407 e. The minimum Gasteiger partial charge on any atom is -0.444 e. The third kappa shape index (κ3) is 12.9. The molecule has 0 spiro atoms. The van der Waals surface area contributed by atoms with Crippen molar-refractivity contribution in [3.8, 4) is 0 Å². The molecule has 2 aromatic rings. The van der Waals surface area contributed by atoms with Crippen molar-refractivity contribution < 1.29 is 14.3 Å². The Balaban J connectivity index is 0.000000324. The molecule has 1 fully saturated rings. The van der Waals surface area contributed by atoms with Crippen LogP contribution in [-0.2, 0) is 16.1 Å². The van der Waals surface area contributed by atoms with E-state index in [4.69, 9.17) is 4.74 Å². The first kappa shape index (κ1) is 29.6. The number of benzene rings is 2. The van der Waals surface area contributed by atoms with Crippen LogP contribution >= 0.6 is 0 Å². The van der Waals surface area contributed by atoms with E-state index < -0.39 is 5.60 Å². The van der Waals surface area contributed by atoms with Crippen LogP contribution in [0.15, 0.2) is 42.5 Å². The molecule has 0 atom stereocenters. The van der Waals surface area contributed by atoms with Crippen LogP contribution in [0.25, 0.3) is 10.8 Å². The Labute approximate surface area is 217 Å². The summed E-state index contributed by atoms with van der Waals surface area (Å²) < 4.78 is 5.03. The Bertz CT molecular complexity index is 917. The highest BCUT2D eigenvalue weighted by atomic mass is 16.6. The fraction of sp³-hybridized carbons (Fsp3) is 0.600. The molecule has 6 heteroatoms. The molecule has 2 amide bonds. The highest BCUT2D eigenvalue weighted by molar-refractivity contribution is 5.83. The van der Waals surface area contributed by atoms with Crippen LogP contribution in [0.2, 0.25) is 0 Å². The van der Waals surface area contributed by atoms with E-state index in [0.29, 0.717) is 13.1 Å². The van der Waals surface area contributed by atoms with Gasteiger partial charge in [-0.3, -0.25) is 4.79 Å². The van der Waals surface area contributed by atoms with Crippen molar-refractivity contribution in [1.29, 1.82) is 0 Å². The van der Waals surface area contributed by atoms with Gasteiger partial charge in [0.25, 0.3) is 0 Å². The summed E-state index contributed by atoms with van der Waals surface area (Å²) in [5.41, 5.74) is 0.819. The Hall–Kier alpha value is -2.60. The number of hydrogen-bond acceptors (Lipinski definition) is 4. The van der Waals surface area contributed by atoms with Gasteiger partial charge in [-0.05, 0) is 61.9 Å². The fourth-order valence-electron chi connectivity index (χ4n) is 4.30. The molecule has 1 aliphatic rings. The standard InChI is InChI=1S/C21H28N2O.C9H19NO2/c24-21(23-13-12-17-6-2-1-3-7-17)16-22-15-18-10-11-19-8-4-5-9-20(19)14-18;1-5-6-7-10-8(11)12-9(2,3)4/h4-5,8-11,14,17,22H,1-3,6-7,12-13,15-16H2,(H,23,24);5-7H2,1-4H3,(H,10,11). The summed E-state index contributed by atoms with van der Waals surface area (Å²) >= 11 is 0. The number of nitrogens with one attached hydrogen (secondary N) is 3. The summed E-state index contributed by atoms with van der Waals surface area (Å²) in [6.45, 7) is 10.3. The number of amides is 2. The molecule has 3 rings (SSSR count). The topological polar surface area (TPSA) is 79.5 Å². The van der Waals surface area contributed by atoms with E-state index in [0.717, 1.165) is 38.3 Å². The van der Waals surface area contributed by atoms with Crippen molar-refractivity contribution in [3.05, 3.63) is 48.0 Å². The van der Waals surface area contributed by atoms with E-state index in [-0.39, 0.29) is 12.0 Å². The second-order valence-electron chi connectivity index (χ2n) is 10.7. The molecule has 6 nitrogen and oxygen atoms in total. The Morgan fingerprint density at radius 1 is 0.944 bits per heavy atom. The van der Waals surface area contributed by atoms with E-state index in [2.05, 4.69) is 65.3 Å². The Morgan fingerprint density at radius 2 is 1.67 bits per heavy atom. The second kappa shape index (κ2) is 16.2. The molecule has 2 aromatic carbocycles. The molecule has 36 heavy (non-hydrogen) atoms. The first-order chi connectivity index (χ1) is 17.3. The predicted octanol–water partition coefficient (Wildman–Crippen LogP) is 6.33. The third-order valence-corrected chi connectivity index (χ3v) is 6.23. The maximum atomic E-state index is 11.9. The summed E-state index contributed by atoms with van der Waals surface area (Å²) in [7, 11) is 0. The number of fused-ring (bicyclic) bond motifs is 1. The summed E-state index contributed by atoms with van der Waals surface area (Å²) in [5.74, 6) is 0.927. The van der Waals surface area contributed by atoms with Crippen LogP contribution in [0.3, 0.4) is 0 Å². The highest BCUT2D eigenvalue weighted by Crippen LogP contribution is 2.25. The summed E-state index contributed by atoms with van der Waals surface area (Å²) in [4.78, 5) is 22.9. The molecule has 0 unspecified atom stereocenters. The van der Waals surface area contributed by atoms with E-state index in [1.165, 1.54) is 48.4 Å². The lowest BCUT2D eigenvalue weighted by atomic mass is 9.87. The van der Waals surface area contributed by atoms with Gasteiger partial charge in [0.05, 0.1) is 6.54 Å². The first-order valence-corrected chi connectivity index (χ1v) is 13.7. The lowest BCUT2D eigenvalue weighted by Gasteiger charge is -2.21. The van der Waals surface area contributed by atoms with Crippen LogP contribution in [0, 0.1) is 5.92 Å². The molecule has 0 bridgehead atoms. The third-order valence-electron chi connectivity index (χ3n) is 6.23. The van der Waals surface area contributed by atoms with Crippen molar-refractivity contribution in [3.63, 3.8) is 0 Å². The van der Waals surface area contributed by atoms with Gasteiger partial charge in [-0.15, -0.1) is 0 Å². The number of hydrogen-bond donors (Lipinski definition) is 3. The second-order valence-corrected chi connectivity index (χ2v) is 10.7. The summed E-state index contributed by atoms with van der Waals surface area (Å²) in [5, 5.41) is 11.5. The first-order valence-electron chi connectivity index (χ1n) is 13.7. The van der Waals surface area contributed by atoms with Gasteiger partial charge in [-0.1, -0.05) is 81.8 Å². The van der Waals surface area contributed by atoms with Gasteiger partial charge in [-0.25, -0.2) is 4.79 Å². The Morgan fingerprint density at radius 3 is 2.36 bits per heavy atom. The van der Waals surface area contributed by atoms with Crippen molar-refractivity contribution >= 4 is 22.8 Å². The number of unbranched alkanes of at least 4 members (excludes halogenated alkanes) is 1. The molecule has 1 aliphatic carbocycles. The molecular formula is C30H47N3O3. The van der Waals surface area contributed by atoms with Gasteiger partial charge in [0.15, 0.2) is 0 Å². The van der Waals surface area contributed by atoms with Crippen molar-refractivity contribution in [2.45, 2.75) is 91.2 Å².